The van der Waals surface area contributed by atoms with Crippen LogP contribution in [0, 0.1) is 5.92 Å². The van der Waals surface area contributed by atoms with Gasteiger partial charge >= 0.3 is 5.97 Å². The molecule has 0 aromatic carbocycles. The Morgan fingerprint density at radius 1 is 1.62 bits per heavy atom. The Hall–Kier alpha value is -1.29. The second-order valence-electron chi connectivity index (χ2n) is 3.98. The number of carbonyl (C=O) groups is 1. The van der Waals surface area contributed by atoms with Crippen LogP contribution in [0.1, 0.15) is 19.4 Å². The highest BCUT2D eigenvalue weighted by molar-refractivity contribution is 5.72. The molecule has 0 spiro atoms. The molecule has 0 radical (unpaired) electrons. The van der Waals surface area contributed by atoms with E-state index in [0.29, 0.717) is 13.2 Å². The maximum atomic E-state index is 11.4. The van der Waals surface area contributed by atoms with E-state index < -0.39 is 0 Å². The number of rotatable bonds is 6. The van der Waals surface area contributed by atoms with Crippen molar-refractivity contribution in [2.24, 2.45) is 5.92 Å². The maximum Gasteiger partial charge on any atom is 0.309 e. The number of hydrogen-bond acceptors (Lipinski definition) is 4. The van der Waals surface area contributed by atoms with Crippen LogP contribution in [-0.4, -0.2) is 31.1 Å². The third-order valence-corrected chi connectivity index (χ3v) is 2.31. The zero-order valence-corrected chi connectivity index (χ0v) is 10.1. The van der Waals surface area contributed by atoms with E-state index in [1.807, 2.05) is 27.0 Å². The second kappa shape index (κ2) is 6.33. The van der Waals surface area contributed by atoms with Gasteiger partial charge in [0.15, 0.2) is 0 Å². The van der Waals surface area contributed by atoms with Crippen molar-refractivity contribution in [1.82, 2.24) is 4.90 Å². The summed E-state index contributed by atoms with van der Waals surface area (Å²) in [7, 11) is 1.97. The fraction of sp³-hybridized carbons (Fsp3) is 0.583. The van der Waals surface area contributed by atoms with Gasteiger partial charge in [0, 0.05) is 18.7 Å². The average molecular weight is 225 g/mol. The molecule has 1 rings (SSSR count). The van der Waals surface area contributed by atoms with Crippen molar-refractivity contribution < 1.29 is 13.9 Å². The van der Waals surface area contributed by atoms with Crippen LogP contribution in [0.25, 0.3) is 0 Å². The minimum Gasteiger partial charge on any atom is -0.472 e. The maximum absolute atomic E-state index is 11.4. The highest BCUT2D eigenvalue weighted by atomic mass is 16.5. The number of ether oxygens (including phenoxy) is 1. The fourth-order valence-electron chi connectivity index (χ4n) is 1.59. The Bertz CT molecular complexity index is 308. The van der Waals surface area contributed by atoms with Gasteiger partial charge in [-0.05, 0) is 20.0 Å². The molecular formula is C12H19NO3. The van der Waals surface area contributed by atoms with Gasteiger partial charge in [-0.2, -0.15) is 0 Å². The summed E-state index contributed by atoms with van der Waals surface area (Å²) < 4.78 is 9.94. The molecule has 1 aromatic rings. The first kappa shape index (κ1) is 12.8. The van der Waals surface area contributed by atoms with Crippen molar-refractivity contribution >= 4 is 5.97 Å². The van der Waals surface area contributed by atoms with E-state index in [0.717, 1.165) is 12.1 Å². The standard InChI is InChI=1S/C12H19NO3/c1-4-16-12(14)10(2)7-13(3)8-11-5-6-15-9-11/h5-6,9-10H,4,7-8H2,1-3H3. The Morgan fingerprint density at radius 2 is 2.38 bits per heavy atom. The van der Waals surface area contributed by atoms with Crippen molar-refractivity contribution in [2.75, 3.05) is 20.2 Å². The zero-order chi connectivity index (χ0) is 12.0. The quantitative estimate of drug-likeness (QED) is 0.694. The van der Waals surface area contributed by atoms with Gasteiger partial charge in [0.1, 0.15) is 0 Å². The fourth-order valence-corrected chi connectivity index (χ4v) is 1.59. The van der Waals surface area contributed by atoms with Gasteiger partial charge in [0.05, 0.1) is 25.1 Å². The van der Waals surface area contributed by atoms with Gasteiger partial charge in [0.2, 0.25) is 0 Å². The molecule has 0 aliphatic rings. The largest absolute Gasteiger partial charge is 0.472 e. The Balaban J connectivity index is 2.33. The van der Waals surface area contributed by atoms with Crippen LogP contribution in [0.2, 0.25) is 0 Å². The Labute approximate surface area is 96.2 Å². The first-order valence-corrected chi connectivity index (χ1v) is 5.49. The molecule has 0 aliphatic carbocycles. The van der Waals surface area contributed by atoms with Crippen molar-refractivity contribution in [3.8, 4) is 0 Å². The molecule has 0 fully saturated rings. The van der Waals surface area contributed by atoms with Crippen molar-refractivity contribution in [2.45, 2.75) is 20.4 Å². The monoisotopic (exact) mass is 225 g/mol. The highest BCUT2D eigenvalue weighted by Crippen LogP contribution is 2.07. The summed E-state index contributed by atoms with van der Waals surface area (Å²) >= 11 is 0. The number of nitrogens with zero attached hydrogens (tertiary/aromatic N) is 1. The third-order valence-electron chi connectivity index (χ3n) is 2.31. The van der Waals surface area contributed by atoms with E-state index in [-0.39, 0.29) is 11.9 Å². The number of hydrogen-bond donors (Lipinski definition) is 0. The minimum atomic E-state index is -0.137. The Kier molecular flexibility index (Phi) is 5.05. The molecule has 4 nitrogen and oxygen atoms in total. The predicted molar refractivity (Wildman–Crippen MR) is 60.8 cm³/mol. The van der Waals surface area contributed by atoms with E-state index in [4.69, 9.17) is 9.15 Å². The molecule has 0 N–H and O–H groups in total. The van der Waals surface area contributed by atoms with Crippen LogP contribution in [0.4, 0.5) is 0 Å². The lowest BCUT2D eigenvalue weighted by atomic mass is 10.1. The smallest absolute Gasteiger partial charge is 0.309 e. The van der Waals surface area contributed by atoms with E-state index in [1.165, 1.54) is 0 Å². The summed E-state index contributed by atoms with van der Waals surface area (Å²) in [5.74, 6) is -0.238. The molecule has 0 saturated carbocycles. The van der Waals surface area contributed by atoms with Crippen molar-refractivity contribution in [1.29, 1.82) is 0 Å². The van der Waals surface area contributed by atoms with Crippen molar-refractivity contribution in [3.05, 3.63) is 24.2 Å². The molecule has 0 amide bonds. The summed E-state index contributed by atoms with van der Waals surface area (Å²) in [6.07, 6.45) is 3.36. The highest BCUT2D eigenvalue weighted by Gasteiger charge is 2.16. The molecule has 1 atom stereocenters. The molecule has 1 unspecified atom stereocenters. The lowest BCUT2D eigenvalue weighted by molar-refractivity contribution is -0.147. The second-order valence-corrected chi connectivity index (χ2v) is 3.98. The first-order chi connectivity index (χ1) is 7.63. The van der Waals surface area contributed by atoms with Crippen LogP contribution in [0.15, 0.2) is 23.0 Å². The molecule has 16 heavy (non-hydrogen) atoms. The predicted octanol–water partition coefficient (Wildman–Crippen LogP) is 1.91. The van der Waals surface area contributed by atoms with Crippen LogP contribution in [-0.2, 0) is 16.1 Å². The molecule has 90 valence electrons. The Morgan fingerprint density at radius 3 is 2.94 bits per heavy atom. The van der Waals surface area contributed by atoms with Crippen LogP contribution in [0.5, 0.6) is 0 Å². The van der Waals surface area contributed by atoms with Gasteiger partial charge in [-0.15, -0.1) is 0 Å². The number of carbonyl (C=O) groups excluding carboxylic acids is 1. The topological polar surface area (TPSA) is 42.7 Å². The normalized spacial score (nSPS) is 12.8. The average Bonchev–Trinajstić information content (AvgIpc) is 2.70. The van der Waals surface area contributed by atoms with E-state index in [2.05, 4.69) is 4.90 Å². The van der Waals surface area contributed by atoms with Crippen molar-refractivity contribution in [3.63, 3.8) is 0 Å². The molecule has 1 heterocycles. The molecule has 0 bridgehead atoms. The van der Waals surface area contributed by atoms with Gasteiger partial charge in [0.25, 0.3) is 0 Å². The van der Waals surface area contributed by atoms with Gasteiger partial charge in [-0.1, -0.05) is 6.92 Å². The summed E-state index contributed by atoms with van der Waals surface area (Å²) in [6.45, 7) is 5.60. The number of esters is 1. The zero-order valence-electron chi connectivity index (χ0n) is 10.1. The molecule has 0 aliphatic heterocycles. The lowest BCUT2D eigenvalue weighted by Crippen LogP contribution is -2.29. The summed E-state index contributed by atoms with van der Waals surface area (Å²) in [6, 6.07) is 1.92. The lowest BCUT2D eigenvalue weighted by Gasteiger charge is -2.19. The van der Waals surface area contributed by atoms with Crippen LogP contribution >= 0.6 is 0 Å². The van der Waals surface area contributed by atoms with Crippen LogP contribution in [0.3, 0.4) is 0 Å². The third kappa shape index (κ3) is 4.06. The first-order valence-electron chi connectivity index (χ1n) is 5.49. The van der Waals surface area contributed by atoms with Gasteiger partial charge < -0.3 is 14.1 Å². The van der Waals surface area contributed by atoms with E-state index in [1.54, 1.807) is 12.5 Å². The summed E-state index contributed by atoms with van der Waals surface area (Å²) in [4.78, 5) is 13.5. The summed E-state index contributed by atoms with van der Waals surface area (Å²) in [5.41, 5.74) is 1.11. The molecular weight excluding hydrogens is 206 g/mol. The van der Waals surface area contributed by atoms with Gasteiger partial charge in [-0.25, -0.2) is 0 Å². The number of furan rings is 1. The SMILES string of the molecule is CCOC(=O)C(C)CN(C)Cc1ccoc1. The van der Waals surface area contributed by atoms with E-state index in [9.17, 15) is 4.79 Å². The van der Waals surface area contributed by atoms with Crippen LogP contribution < -0.4 is 0 Å². The molecule has 4 heteroatoms. The van der Waals surface area contributed by atoms with E-state index >= 15 is 0 Å². The summed E-state index contributed by atoms with van der Waals surface area (Å²) in [5, 5.41) is 0. The molecule has 1 aromatic heterocycles. The van der Waals surface area contributed by atoms with Gasteiger partial charge in [-0.3, -0.25) is 4.79 Å². The minimum absolute atomic E-state index is 0.100. The molecule has 0 saturated heterocycles.